The van der Waals surface area contributed by atoms with Gasteiger partial charge in [0.2, 0.25) is 0 Å². The molecular weight excluding hydrogens is 486 g/mol. The molecule has 3 N–H and O–H groups in total. The minimum absolute atomic E-state index is 0.0296. The number of nitrogens with one attached hydrogen (secondary N) is 1. The Kier molecular flexibility index (Phi) is 7.86. The first-order chi connectivity index (χ1) is 18.0. The first kappa shape index (κ1) is 30.8. The zero-order chi connectivity index (χ0) is 29.2. The molecule has 0 heterocycles. The minimum Gasteiger partial charge on any atom is -0.481 e. The number of carbonyl (C=O) groups is 2. The van der Waals surface area contributed by atoms with Gasteiger partial charge in [-0.1, -0.05) is 61.0 Å². The lowest BCUT2D eigenvalue weighted by Crippen LogP contribution is -2.66. The standard InChI is InChI=1S/C30H46O4.C4H11N/c1-25(2)21-8-11-30(7)23(28(21,5)10-9-22(25)32)20(31)16-18-19-17-27(4,24(33)34)13-12-26(19,3)14-15-29(18,30)6;1-3-5-4-2/h16,19,21-23,32H,8-15,17H2,1-7H3,(H,33,34);5H,3-4H2,1-2H3/t19-,21-,22-,23+,26+,27-,28-,29+,30+;/m0./s1. The van der Waals surface area contributed by atoms with Crippen molar-refractivity contribution in [2.24, 2.45) is 50.2 Å². The van der Waals surface area contributed by atoms with E-state index in [0.717, 1.165) is 64.5 Å². The molecule has 0 bridgehead atoms. The number of carboxylic acid groups (broad SMARTS) is 1. The fraction of sp³-hybridized carbons (Fsp3) is 0.882. The highest BCUT2D eigenvalue weighted by Crippen LogP contribution is 2.75. The van der Waals surface area contributed by atoms with Crippen LogP contribution in [0.3, 0.4) is 0 Å². The van der Waals surface area contributed by atoms with Crippen LogP contribution in [0.15, 0.2) is 11.6 Å². The first-order valence-corrected chi connectivity index (χ1v) is 15.8. The number of aliphatic carboxylic acids is 1. The third-order valence-corrected chi connectivity index (χ3v) is 13.6. The van der Waals surface area contributed by atoms with Gasteiger partial charge in [-0.3, -0.25) is 9.59 Å². The molecule has 0 unspecified atom stereocenters. The summed E-state index contributed by atoms with van der Waals surface area (Å²) in [5.74, 6) is 0.0603. The maximum Gasteiger partial charge on any atom is 0.309 e. The summed E-state index contributed by atoms with van der Waals surface area (Å²) in [7, 11) is 0. The van der Waals surface area contributed by atoms with Crippen molar-refractivity contribution in [2.45, 2.75) is 126 Å². The fourth-order valence-corrected chi connectivity index (χ4v) is 10.6. The molecule has 0 spiro atoms. The molecule has 5 heteroatoms. The quantitative estimate of drug-likeness (QED) is 0.356. The van der Waals surface area contributed by atoms with E-state index in [1.165, 1.54) is 5.57 Å². The van der Waals surface area contributed by atoms with Crippen LogP contribution in [-0.2, 0) is 9.59 Å². The van der Waals surface area contributed by atoms with Crippen LogP contribution in [0.4, 0.5) is 0 Å². The van der Waals surface area contributed by atoms with E-state index < -0.39 is 11.4 Å². The average Bonchev–Trinajstić information content (AvgIpc) is 2.85. The van der Waals surface area contributed by atoms with E-state index >= 15 is 0 Å². The highest BCUT2D eigenvalue weighted by Gasteiger charge is 2.70. The van der Waals surface area contributed by atoms with Crippen molar-refractivity contribution in [3.05, 3.63) is 11.6 Å². The Morgan fingerprint density at radius 3 is 2.10 bits per heavy atom. The van der Waals surface area contributed by atoms with Gasteiger partial charge in [0, 0.05) is 5.92 Å². The van der Waals surface area contributed by atoms with Gasteiger partial charge in [-0.05, 0) is 123 Å². The van der Waals surface area contributed by atoms with Crippen LogP contribution in [-0.4, -0.2) is 41.2 Å². The smallest absolute Gasteiger partial charge is 0.309 e. The van der Waals surface area contributed by atoms with Gasteiger partial charge in [0.15, 0.2) is 5.78 Å². The number of hydrogen-bond donors (Lipinski definition) is 3. The number of hydrogen-bond acceptors (Lipinski definition) is 4. The molecule has 0 radical (unpaired) electrons. The molecule has 4 fully saturated rings. The topological polar surface area (TPSA) is 86.6 Å². The number of carboxylic acids is 1. The Balaban J connectivity index is 0.000000648. The molecule has 5 rings (SSSR count). The maximum atomic E-state index is 14.2. The van der Waals surface area contributed by atoms with Crippen LogP contribution in [0.2, 0.25) is 0 Å². The molecule has 5 aliphatic carbocycles. The molecule has 9 atom stereocenters. The van der Waals surface area contributed by atoms with Crippen molar-refractivity contribution in [2.75, 3.05) is 13.1 Å². The van der Waals surface area contributed by atoms with Crippen molar-refractivity contribution in [3.8, 4) is 0 Å². The van der Waals surface area contributed by atoms with Crippen LogP contribution in [0.1, 0.15) is 120 Å². The Morgan fingerprint density at radius 1 is 0.923 bits per heavy atom. The molecule has 222 valence electrons. The summed E-state index contributed by atoms with van der Waals surface area (Å²) in [6, 6.07) is 0. The van der Waals surface area contributed by atoms with E-state index in [1.807, 2.05) is 13.0 Å². The monoisotopic (exact) mass is 543 g/mol. The van der Waals surface area contributed by atoms with Crippen LogP contribution >= 0.6 is 0 Å². The minimum atomic E-state index is -0.711. The summed E-state index contributed by atoms with van der Waals surface area (Å²) in [6.45, 7) is 22.2. The Morgan fingerprint density at radius 2 is 1.54 bits per heavy atom. The van der Waals surface area contributed by atoms with Crippen molar-refractivity contribution >= 4 is 11.8 Å². The van der Waals surface area contributed by atoms with E-state index in [0.29, 0.717) is 12.3 Å². The molecular formula is C34H57NO4. The number of allylic oxidation sites excluding steroid dienone is 2. The van der Waals surface area contributed by atoms with Gasteiger partial charge in [0.1, 0.15) is 0 Å². The summed E-state index contributed by atoms with van der Waals surface area (Å²) < 4.78 is 0. The number of ketones is 1. The molecule has 0 aromatic heterocycles. The van der Waals surface area contributed by atoms with Crippen LogP contribution in [0, 0.1) is 50.2 Å². The van der Waals surface area contributed by atoms with E-state index in [2.05, 4.69) is 60.7 Å². The van der Waals surface area contributed by atoms with Crippen LogP contribution in [0.5, 0.6) is 0 Å². The second-order valence-corrected chi connectivity index (χ2v) is 15.9. The van der Waals surface area contributed by atoms with E-state index in [-0.39, 0.29) is 50.8 Å². The number of fused-ring (bicyclic) bond motifs is 7. The van der Waals surface area contributed by atoms with E-state index in [9.17, 15) is 19.8 Å². The number of rotatable bonds is 3. The van der Waals surface area contributed by atoms with Gasteiger partial charge in [0.25, 0.3) is 0 Å². The van der Waals surface area contributed by atoms with Crippen LogP contribution < -0.4 is 5.32 Å². The Labute approximate surface area is 238 Å². The van der Waals surface area contributed by atoms with Gasteiger partial charge < -0.3 is 15.5 Å². The lowest BCUT2D eigenvalue weighted by Gasteiger charge is -2.70. The number of carbonyl (C=O) groups excluding carboxylic acids is 1. The van der Waals surface area contributed by atoms with Crippen molar-refractivity contribution < 1.29 is 19.8 Å². The number of aliphatic hydroxyl groups is 1. The highest BCUT2D eigenvalue weighted by molar-refractivity contribution is 5.95. The second-order valence-electron chi connectivity index (χ2n) is 15.9. The lowest BCUT2D eigenvalue weighted by atomic mass is 9.33. The predicted octanol–water partition coefficient (Wildman–Crippen LogP) is 7.03. The first-order valence-electron chi connectivity index (χ1n) is 15.8. The van der Waals surface area contributed by atoms with Crippen molar-refractivity contribution in [1.82, 2.24) is 5.32 Å². The van der Waals surface area contributed by atoms with Crippen molar-refractivity contribution in [1.29, 1.82) is 0 Å². The molecule has 39 heavy (non-hydrogen) atoms. The SMILES string of the molecule is CC1(C)[C@@H](O)CC[C@]2(C)[C@H]3C(=O)C=C4[C@@H]5C[C@@](C)(C(=O)O)CC[C@]5(C)CC[C@@]4(C)[C@]3(C)CC[C@@H]12.CCNCC. The molecule has 0 aliphatic heterocycles. The summed E-state index contributed by atoms with van der Waals surface area (Å²) in [6.07, 6.45) is 9.95. The molecule has 0 saturated heterocycles. The summed E-state index contributed by atoms with van der Waals surface area (Å²) in [4.78, 5) is 26.4. The summed E-state index contributed by atoms with van der Waals surface area (Å²) in [5.41, 5.74) is 0.142. The predicted molar refractivity (Wildman–Crippen MR) is 157 cm³/mol. The largest absolute Gasteiger partial charge is 0.481 e. The van der Waals surface area contributed by atoms with Gasteiger partial charge in [-0.25, -0.2) is 0 Å². The zero-order valence-electron chi connectivity index (χ0n) is 26.4. The molecule has 0 aromatic rings. The fourth-order valence-electron chi connectivity index (χ4n) is 10.6. The lowest BCUT2D eigenvalue weighted by molar-refractivity contribution is -0.202. The van der Waals surface area contributed by atoms with Crippen LogP contribution in [0.25, 0.3) is 0 Å². The van der Waals surface area contributed by atoms with E-state index in [1.54, 1.807) is 0 Å². The van der Waals surface area contributed by atoms with Gasteiger partial charge in [0.05, 0.1) is 11.5 Å². The van der Waals surface area contributed by atoms with E-state index in [4.69, 9.17) is 0 Å². The normalized spacial score (nSPS) is 48.3. The molecule has 5 nitrogen and oxygen atoms in total. The molecule has 0 amide bonds. The second kappa shape index (κ2) is 9.96. The number of aliphatic hydroxyl groups excluding tert-OH is 1. The third-order valence-electron chi connectivity index (χ3n) is 13.6. The van der Waals surface area contributed by atoms with Gasteiger partial charge >= 0.3 is 5.97 Å². The van der Waals surface area contributed by atoms with Gasteiger partial charge in [-0.2, -0.15) is 0 Å². The summed E-state index contributed by atoms with van der Waals surface area (Å²) >= 11 is 0. The zero-order valence-corrected chi connectivity index (χ0v) is 26.4. The maximum absolute atomic E-state index is 14.2. The highest BCUT2D eigenvalue weighted by atomic mass is 16.4. The Hall–Kier alpha value is -1.20. The Bertz CT molecular complexity index is 1020. The third kappa shape index (κ3) is 4.39. The molecule has 0 aromatic carbocycles. The van der Waals surface area contributed by atoms with Gasteiger partial charge in [-0.15, -0.1) is 0 Å². The molecule has 4 saturated carbocycles. The molecule has 5 aliphatic rings. The average molecular weight is 544 g/mol. The van der Waals surface area contributed by atoms with Crippen molar-refractivity contribution in [3.63, 3.8) is 0 Å². The summed E-state index contributed by atoms with van der Waals surface area (Å²) in [5, 5.41) is 24.0.